The molecule has 0 aliphatic carbocycles. The monoisotopic (exact) mass is 439 g/mol. The molecule has 3 rings (SSSR count). The number of benzene rings is 2. The zero-order valence-electron chi connectivity index (χ0n) is 20.8. The number of rotatable bonds is 8. The van der Waals surface area contributed by atoms with Crippen LogP contribution in [0.1, 0.15) is 69.2 Å². The van der Waals surface area contributed by atoms with E-state index in [9.17, 15) is 5.11 Å². The van der Waals surface area contributed by atoms with Crippen LogP contribution >= 0.6 is 0 Å². The molecule has 176 valence electrons. The Kier molecular flexibility index (Phi) is 7.89. The van der Waals surface area contributed by atoms with E-state index in [1.807, 2.05) is 20.8 Å². The van der Waals surface area contributed by atoms with Crippen LogP contribution in [0.5, 0.6) is 11.5 Å². The fourth-order valence-corrected chi connectivity index (χ4v) is 4.45. The third-order valence-corrected chi connectivity index (χ3v) is 6.77. The normalized spacial score (nSPS) is 17.1. The third-order valence-electron chi connectivity index (χ3n) is 6.77. The molecule has 0 bridgehead atoms. The standard InChI is InChI=1S/C28H41NO3/c1-7-16-31-24-10-8-22(17-20(24)2)28(12-14-29-15-13-28)23-9-11-25(21(3)18-23)32-19-26(30)27(4,5)6/h8-11,17-18,26,29-30H,7,12-16,19H2,1-6H3. The van der Waals surface area contributed by atoms with E-state index < -0.39 is 6.10 Å². The quantitative estimate of drug-likeness (QED) is 0.566. The summed E-state index contributed by atoms with van der Waals surface area (Å²) in [4.78, 5) is 0. The largest absolute Gasteiger partial charge is 0.493 e. The van der Waals surface area contributed by atoms with E-state index >= 15 is 0 Å². The molecule has 1 aliphatic rings. The number of hydrogen-bond donors (Lipinski definition) is 2. The van der Waals surface area contributed by atoms with Crippen LogP contribution in [-0.4, -0.2) is 37.5 Å². The second-order valence-electron chi connectivity index (χ2n) is 10.3. The van der Waals surface area contributed by atoms with E-state index in [1.165, 1.54) is 16.7 Å². The molecule has 1 heterocycles. The Bertz CT molecular complexity index is 894. The summed E-state index contributed by atoms with van der Waals surface area (Å²) in [5.41, 5.74) is 4.78. The molecule has 2 aromatic rings. The van der Waals surface area contributed by atoms with Crippen LogP contribution < -0.4 is 14.8 Å². The molecule has 2 N–H and O–H groups in total. The third kappa shape index (κ3) is 5.47. The van der Waals surface area contributed by atoms with Gasteiger partial charge in [0.25, 0.3) is 0 Å². The van der Waals surface area contributed by atoms with Gasteiger partial charge in [-0.2, -0.15) is 0 Å². The van der Waals surface area contributed by atoms with Gasteiger partial charge in [0.05, 0.1) is 12.7 Å². The molecule has 2 aromatic carbocycles. The Balaban J connectivity index is 1.89. The second-order valence-corrected chi connectivity index (χ2v) is 10.3. The maximum absolute atomic E-state index is 10.3. The molecule has 4 nitrogen and oxygen atoms in total. The van der Waals surface area contributed by atoms with Crippen LogP contribution in [0.25, 0.3) is 0 Å². The van der Waals surface area contributed by atoms with Crippen molar-refractivity contribution >= 4 is 0 Å². The van der Waals surface area contributed by atoms with Crippen LogP contribution in [0, 0.1) is 19.3 Å². The number of hydrogen-bond acceptors (Lipinski definition) is 4. The van der Waals surface area contributed by atoms with Gasteiger partial charge in [-0.25, -0.2) is 0 Å². The van der Waals surface area contributed by atoms with Crippen LogP contribution in [0.2, 0.25) is 0 Å². The van der Waals surface area contributed by atoms with Gasteiger partial charge in [0.2, 0.25) is 0 Å². The van der Waals surface area contributed by atoms with Gasteiger partial charge in [0, 0.05) is 5.41 Å². The van der Waals surface area contributed by atoms with Crippen LogP contribution in [0.4, 0.5) is 0 Å². The first-order chi connectivity index (χ1) is 15.2. The van der Waals surface area contributed by atoms with Crippen molar-refractivity contribution in [3.8, 4) is 11.5 Å². The predicted octanol–water partition coefficient (Wildman–Crippen LogP) is 5.55. The summed E-state index contributed by atoms with van der Waals surface area (Å²) in [6.45, 7) is 15.5. The number of ether oxygens (including phenoxy) is 2. The van der Waals surface area contributed by atoms with E-state index in [0.717, 1.165) is 56.0 Å². The topological polar surface area (TPSA) is 50.7 Å². The van der Waals surface area contributed by atoms with Gasteiger partial charge in [-0.15, -0.1) is 0 Å². The summed E-state index contributed by atoms with van der Waals surface area (Å²) in [5.74, 6) is 1.83. The maximum atomic E-state index is 10.3. The predicted molar refractivity (Wildman–Crippen MR) is 132 cm³/mol. The lowest BCUT2D eigenvalue weighted by atomic mass is 9.68. The SMILES string of the molecule is CCCOc1ccc(C2(c3ccc(OCC(O)C(C)(C)C)c(C)c3)CCNCC2)cc1C. The van der Waals surface area contributed by atoms with Gasteiger partial charge in [0.1, 0.15) is 18.1 Å². The van der Waals surface area contributed by atoms with E-state index in [-0.39, 0.29) is 10.8 Å². The summed E-state index contributed by atoms with van der Waals surface area (Å²) in [7, 11) is 0. The Labute approximate surface area is 194 Å². The first-order valence-electron chi connectivity index (χ1n) is 12.0. The maximum Gasteiger partial charge on any atom is 0.122 e. The Morgan fingerprint density at radius 3 is 1.94 bits per heavy atom. The van der Waals surface area contributed by atoms with E-state index in [2.05, 4.69) is 62.5 Å². The highest BCUT2D eigenvalue weighted by molar-refractivity contribution is 5.48. The second kappa shape index (κ2) is 10.3. The molecule has 4 heteroatoms. The summed E-state index contributed by atoms with van der Waals surface area (Å²) in [5, 5.41) is 13.9. The first kappa shape index (κ1) is 24.6. The fraction of sp³-hybridized carbons (Fsp3) is 0.571. The lowest BCUT2D eigenvalue weighted by Crippen LogP contribution is -2.40. The summed E-state index contributed by atoms with van der Waals surface area (Å²) in [6, 6.07) is 13.3. The highest BCUT2D eigenvalue weighted by Gasteiger charge is 2.36. The Hall–Kier alpha value is -2.04. The molecule has 0 amide bonds. The minimum atomic E-state index is -0.506. The van der Waals surface area contributed by atoms with Crippen LogP contribution in [-0.2, 0) is 5.41 Å². The fourth-order valence-electron chi connectivity index (χ4n) is 4.45. The average molecular weight is 440 g/mol. The zero-order chi connectivity index (χ0) is 23.4. The van der Waals surface area contributed by atoms with Gasteiger partial charge in [0.15, 0.2) is 0 Å². The van der Waals surface area contributed by atoms with E-state index in [4.69, 9.17) is 9.47 Å². The molecule has 0 aromatic heterocycles. The summed E-state index contributed by atoms with van der Waals surface area (Å²) in [6.07, 6.45) is 2.62. The Morgan fingerprint density at radius 2 is 1.47 bits per heavy atom. The van der Waals surface area contributed by atoms with Crippen molar-refractivity contribution in [3.05, 3.63) is 58.7 Å². The molecule has 0 saturated carbocycles. The minimum absolute atomic E-state index is 0.0203. The van der Waals surface area contributed by atoms with Gasteiger partial charge in [-0.05, 0) is 86.0 Å². The lowest BCUT2D eigenvalue weighted by Gasteiger charge is -2.39. The van der Waals surface area contributed by atoms with Crippen molar-refractivity contribution in [1.29, 1.82) is 0 Å². The Morgan fingerprint density at radius 1 is 0.938 bits per heavy atom. The van der Waals surface area contributed by atoms with Crippen molar-refractivity contribution in [2.24, 2.45) is 5.41 Å². The number of aliphatic hydroxyl groups excluding tert-OH is 1. The number of aliphatic hydroxyl groups is 1. The molecule has 1 atom stereocenters. The van der Waals surface area contributed by atoms with Crippen molar-refractivity contribution in [2.45, 2.75) is 72.3 Å². The van der Waals surface area contributed by atoms with Gasteiger partial charge in [-0.3, -0.25) is 0 Å². The van der Waals surface area contributed by atoms with Gasteiger partial charge in [-0.1, -0.05) is 52.0 Å². The molecule has 1 aliphatic heterocycles. The van der Waals surface area contributed by atoms with Gasteiger partial charge < -0.3 is 19.9 Å². The van der Waals surface area contributed by atoms with Crippen LogP contribution in [0.3, 0.4) is 0 Å². The van der Waals surface area contributed by atoms with Gasteiger partial charge >= 0.3 is 0 Å². The first-order valence-corrected chi connectivity index (χ1v) is 12.0. The number of nitrogens with one attached hydrogen (secondary N) is 1. The molecule has 32 heavy (non-hydrogen) atoms. The van der Waals surface area contributed by atoms with Crippen molar-refractivity contribution in [3.63, 3.8) is 0 Å². The molecular formula is C28H41NO3. The average Bonchev–Trinajstić information content (AvgIpc) is 2.77. The molecule has 1 unspecified atom stereocenters. The molecule has 0 spiro atoms. The zero-order valence-corrected chi connectivity index (χ0v) is 20.8. The molecule has 1 fully saturated rings. The smallest absolute Gasteiger partial charge is 0.122 e. The lowest BCUT2D eigenvalue weighted by molar-refractivity contribution is 0.0216. The highest BCUT2D eigenvalue weighted by Crippen LogP contribution is 2.42. The van der Waals surface area contributed by atoms with Crippen LogP contribution in [0.15, 0.2) is 36.4 Å². The van der Waals surface area contributed by atoms with Crippen molar-refractivity contribution in [2.75, 3.05) is 26.3 Å². The summed E-state index contributed by atoms with van der Waals surface area (Å²) >= 11 is 0. The number of piperidine rings is 1. The molecule has 1 saturated heterocycles. The van der Waals surface area contributed by atoms with Crippen molar-refractivity contribution in [1.82, 2.24) is 5.32 Å². The van der Waals surface area contributed by atoms with E-state index in [1.54, 1.807) is 0 Å². The minimum Gasteiger partial charge on any atom is -0.493 e. The molecule has 0 radical (unpaired) electrons. The summed E-state index contributed by atoms with van der Waals surface area (Å²) < 4.78 is 11.9. The van der Waals surface area contributed by atoms with Crippen molar-refractivity contribution < 1.29 is 14.6 Å². The molecular weight excluding hydrogens is 398 g/mol. The highest BCUT2D eigenvalue weighted by atomic mass is 16.5. The van der Waals surface area contributed by atoms with E-state index in [0.29, 0.717) is 6.61 Å². The number of aryl methyl sites for hydroxylation is 2.